The predicted molar refractivity (Wildman–Crippen MR) is 176 cm³/mol. The number of aryl methyl sites for hydroxylation is 3. The molecular formula is C36H41N3O4S. The third kappa shape index (κ3) is 8.14. The standard InChI is InChI=1S/C36H41N3O4S/c1-5-22-37-36(41)34(24-30-12-8-6-9-13-30)38(25-31-14-10-7-11-15-31)35(40)26-39(33-23-28(3)16-19-29(33)4)44(42,43)32-20-17-27(2)18-21-32/h6-21,23,34H,5,22,24-26H2,1-4H3,(H,37,41)/t34-/m0/s1. The number of amides is 2. The first-order valence-corrected chi connectivity index (χ1v) is 16.4. The van der Waals surface area contributed by atoms with Gasteiger partial charge in [0.25, 0.3) is 10.0 Å². The topological polar surface area (TPSA) is 86.8 Å². The van der Waals surface area contributed by atoms with Crippen LogP contribution >= 0.6 is 0 Å². The van der Waals surface area contributed by atoms with Gasteiger partial charge in [-0.25, -0.2) is 8.42 Å². The van der Waals surface area contributed by atoms with Gasteiger partial charge in [-0.1, -0.05) is 97.4 Å². The van der Waals surface area contributed by atoms with Gasteiger partial charge in [0.15, 0.2) is 0 Å². The van der Waals surface area contributed by atoms with Gasteiger partial charge in [-0.3, -0.25) is 13.9 Å². The third-order valence-electron chi connectivity index (χ3n) is 7.54. The Hall–Kier alpha value is -4.43. The van der Waals surface area contributed by atoms with Crippen LogP contribution in [0.15, 0.2) is 108 Å². The van der Waals surface area contributed by atoms with Crippen molar-refractivity contribution in [2.45, 2.75) is 58.0 Å². The minimum absolute atomic E-state index is 0.0907. The molecule has 0 radical (unpaired) electrons. The molecule has 8 heteroatoms. The normalized spacial score (nSPS) is 11.9. The summed E-state index contributed by atoms with van der Waals surface area (Å²) in [6.07, 6.45) is 1.02. The zero-order valence-electron chi connectivity index (χ0n) is 25.9. The van der Waals surface area contributed by atoms with Gasteiger partial charge in [0, 0.05) is 19.5 Å². The van der Waals surface area contributed by atoms with Crippen molar-refractivity contribution >= 4 is 27.5 Å². The first kappa shape index (κ1) is 32.5. The minimum atomic E-state index is -4.15. The summed E-state index contributed by atoms with van der Waals surface area (Å²) >= 11 is 0. The molecule has 4 rings (SSSR count). The molecule has 2 amide bonds. The lowest BCUT2D eigenvalue weighted by atomic mass is 10.0. The number of hydrogen-bond donors (Lipinski definition) is 1. The Morgan fingerprint density at radius 1 is 0.773 bits per heavy atom. The van der Waals surface area contributed by atoms with Crippen molar-refractivity contribution in [3.8, 4) is 0 Å². The maximum Gasteiger partial charge on any atom is 0.264 e. The third-order valence-corrected chi connectivity index (χ3v) is 9.31. The van der Waals surface area contributed by atoms with Gasteiger partial charge in [-0.2, -0.15) is 0 Å². The van der Waals surface area contributed by atoms with Crippen LogP contribution in [0.2, 0.25) is 0 Å². The Bertz CT molecular complexity index is 1660. The second kappa shape index (κ2) is 14.8. The van der Waals surface area contributed by atoms with Crippen LogP contribution in [0.5, 0.6) is 0 Å². The molecule has 0 aromatic heterocycles. The van der Waals surface area contributed by atoms with Crippen LogP contribution in [-0.2, 0) is 32.6 Å². The summed E-state index contributed by atoms with van der Waals surface area (Å²) in [7, 11) is -4.15. The van der Waals surface area contributed by atoms with Crippen molar-refractivity contribution in [2.75, 3.05) is 17.4 Å². The average molecular weight is 612 g/mol. The molecule has 0 bridgehead atoms. The second-order valence-electron chi connectivity index (χ2n) is 11.1. The summed E-state index contributed by atoms with van der Waals surface area (Å²) in [4.78, 5) is 29.8. The van der Waals surface area contributed by atoms with Gasteiger partial charge >= 0.3 is 0 Å². The molecule has 1 atom stereocenters. The van der Waals surface area contributed by atoms with Crippen LogP contribution < -0.4 is 9.62 Å². The maximum absolute atomic E-state index is 14.5. The molecule has 0 saturated heterocycles. The fourth-order valence-electron chi connectivity index (χ4n) is 5.04. The van der Waals surface area contributed by atoms with E-state index in [1.165, 1.54) is 9.21 Å². The number of carbonyl (C=O) groups is 2. The molecule has 0 aliphatic heterocycles. The number of sulfonamides is 1. The van der Waals surface area contributed by atoms with Crippen molar-refractivity contribution < 1.29 is 18.0 Å². The highest BCUT2D eigenvalue weighted by Crippen LogP contribution is 2.29. The number of anilines is 1. The van der Waals surface area contributed by atoms with Crippen molar-refractivity contribution in [2.24, 2.45) is 0 Å². The molecule has 0 spiro atoms. The Balaban J connectivity index is 1.81. The van der Waals surface area contributed by atoms with E-state index in [4.69, 9.17) is 0 Å². The van der Waals surface area contributed by atoms with E-state index in [2.05, 4.69) is 5.32 Å². The molecule has 1 N–H and O–H groups in total. The predicted octanol–water partition coefficient (Wildman–Crippen LogP) is 5.97. The highest BCUT2D eigenvalue weighted by molar-refractivity contribution is 7.92. The van der Waals surface area contributed by atoms with Gasteiger partial charge in [0.05, 0.1) is 10.6 Å². The molecule has 44 heavy (non-hydrogen) atoms. The molecule has 0 aliphatic carbocycles. The fraction of sp³-hybridized carbons (Fsp3) is 0.278. The van der Waals surface area contributed by atoms with Crippen LogP contribution in [0.25, 0.3) is 0 Å². The molecule has 0 saturated carbocycles. The highest BCUT2D eigenvalue weighted by Gasteiger charge is 2.35. The van der Waals surface area contributed by atoms with E-state index in [1.807, 2.05) is 100 Å². The van der Waals surface area contributed by atoms with Crippen LogP contribution in [0.3, 0.4) is 0 Å². The Kier molecular flexibility index (Phi) is 11.0. The van der Waals surface area contributed by atoms with E-state index in [9.17, 15) is 18.0 Å². The molecule has 0 heterocycles. The zero-order valence-corrected chi connectivity index (χ0v) is 26.7. The Morgan fingerprint density at radius 2 is 1.36 bits per heavy atom. The monoisotopic (exact) mass is 611 g/mol. The van der Waals surface area contributed by atoms with Gasteiger partial charge in [0.1, 0.15) is 12.6 Å². The lowest BCUT2D eigenvalue weighted by molar-refractivity contribution is -0.140. The molecule has 7 nitrogen and oxygen atoms in total. The first-order chi connectivity index (χ1) is 21.1. The van der Waals surface area contributed by atoms with E-state index in [-0.39, 0.29) is 23.8 Å². The Morgan fingerprint density at radius 3 is 1.98 bits per heavy atom. The molecular weight excluding hydrogens is 570 g/mol. The summed E-state index contributed by atoms with van der Waals surface area (Å²) in [6.45, 7) is 7.71. The van der Waals surface area contributed by atoms with E-state index in [0.717, 1.165) is 34.2 Å². The van der Waals surface area contributed by atoms with Crippen molar-refractivity contribution in [3.05, 3.63) is 131 Å². The van der Waals surface area contributed by atoms with E-state index in [0.29, 0.717) is 12.2 Å². The van der Waals surface area contributed by atoms with Crippen molar-refractivity contribution in [1.82, 2.24) is 10.2 Å². The minimum Gasteiger partial charge on any atom is -0.354 e. The molecule has 0 fully saturated rings. The fourth-order valence-corrected chi connectivity index (χ4v) is 6.51. The van der Waals surface area contributed by atoms with Crippen LogP contribution in [0, 0.1) is 20.8 Å². The van der Waals surface area contributed by atoms with Crippen molar-refractivity contribution in [3.63, 3.8) is 0 Å². The Labute approximate surface area is 261 Å². The molecule has 0 aliphatic rings. The number of hydrogen-bond acceptors (Lipinski definition) is 4. The summed E-state index contributed by atoms with van der Waals surface area (Å²) < 4.78 is 29.7. The van der Waals surface area contributed by atoms with Crippen LogP contribution in [-0.4, -0.2) is 44.3 Å². The summed E-state index contributed by atoms with van der Waals surface area (Å²) in [5.41, 5.74) is 4.66. The van der Waals surface area contributed by atoms with E-state index >= 15 is 0 Å². The van der Waals surface area contributed by atoms with Gasteiger partial charge in [0.2, 0.25) is 11.8 Å². The number of nitrogens with zero attached hydrogens (tertiary/aromatic N) is 2. The summed E-state index contributed by atoms with van der Waals surface area (Å²) in [5, 5.41) is 2.97. The lowest BCUT2D eigenvalue weighted by Gasteiger charge is -2.34. The SMILES string of the molecule is CCCNC(=O)[C@H](Cc1ccccc1)N(Cc1ccccc1)C(=O)CN(c1cc(C)ccc1C)S(=O)(=O)c1ccc(C)cc1. The number of nitrogens with one attached hydrogen (secondary N) is 1. The molecule has 4 aromatic carbocycles. The molecule has 230 valence electrons. The number of carbonyl (C=O) groups excluding carboxylic acids is 2. The average Bonchev–Trinajstić information content (AvgIpc) is 3.02. The molecule has 4 aromatic rings. The van der Waals surface area contributed by atoms with Crippen molar-refractivity contribution in [1.29, 1.82) is 0 Å². The van der Waals surface area contributed by atoms with Crippen LogP contribution in [0.4, 0.5) is 5.69 Å². The maximum atomic E-state index is 14.5. The summed E-state index contributed by atoms with van der Waals surface area (Å²) in [5.74, 6) is -0.752. The largest absolute Gasteiger partial charge is 0.354 e. The highest BCUT2D eigenvalue weighted by atomic mass is 32.2. The lowest BCUT2D eigenvalue weighted by Crippen LogP contribution is -2.53. The summed E-state index contributed by atoms with van der Waals surface area (Å²) in [6, 6.07) is 30.3. The van der Waals surface area contributed by atoms with Crippen LogP contribution in [0.1, 0.15) is 41.2 Å². The molecule has 0 unspecified atom stereocenters. The van der Waals surface area contributed by atoms with Gasteiger partial charge in [-0.05, 0) is 67.6 Å². The number of rotatable bonds is 13. The first-order valence-electron chi connectivity index (χ1n) is 14.9. The second-order valence-corrected chi connectivity index (χ2v) is 13.0. The quantitative estimate of drug-likeness (QED) is 0.202. The van der Waals surface area contributed by atoms with E-state index in [1.54, 1.807) is 30.3 Å². The smallest absolute Gasteiger partial charge is 0.264 e. The van der Waals surface area contributed by atoms with Gasteiger partial charge < -0.3 is 10.2 Å². The van der Waals surface area contributed by atoms with Gasteiger partial charge in [-0.15, -0.1) is 0 Å². The zero-order chi connectivity index (χ0) is 31.7. The number of benzene rings is 4. The van der Waals surface area contributed by atoms with E-state index < -0.39 is 28.5 Å².